The summed E-state index contributed by atoms with van der Waals surface area (Å²) in [6, 6.07) is 0. The van der Waals surface area contributed by atoms with Crippen molar-refractivity contribution in [1.29, 1.82) is 0 Å². The molecule has 2 aliphatic rings. The van der Waals surface area contributed by atoms with Gasteiger partial charge in [-0.05, 0) is 33.6 Å². The molecule has 1 aliphatic carbocycles. The van der Waals surface area contributed by atoms with E-state index in [2.05, 4.69) is 10.6 Å². The molecular formula is C21H37N3O5S. The second-order valence-corrected chi connectivity index (χ2v) is 10.1. The van der Waals surface area contributed by atoms with E-state index >= 15 is 0 Å². The molecule has 1 saturated heterocycles. The van der Waals surface area contributed by atoms with Crippen molar-refractivity contribution in [2.45, 2.75) is 70.4 Å². The molecule has 0 spiro atoms. The summed E-state index contributed by atoms with van der Waals surface area (Å²) >= 11 is 1.32. The number of nitrogens with one attached hydrogen (secondary N) is 2. The van der Waals surface area contributed by atoms with E-state index in [9.17, 15) is 14.4 Å². The molecule has 1 aliphatic heterocycles. The monoisotopic (exact) mass is 443 g/mol. The van der Waals surface area contributed by atoms with Gasteiger partial charge < -0.3 is 25.0 Å². The fraction of sp³-hybridized carbons (Fsp3) is 0.857. The minimum Gasteiger partial charge on any atom is -0.444 e. The Kier molecular flexibility index (Phi) is 9.74. The number of alkyl carbamates (subject to hydrolysis) is 1. The first kappa shape index (κ1) is 24.8. The molecule has 0 atom stereocenters. The summed E-state index contributed by atoms with van der Waals surface area (Å²) in [6.45, 7) is 8.27. The fourth-order valence-corrected chi connectivity index (χ4v) is 4.47. The van der Waals surface area contributed by atoms with Crippen molar-refractivity contribution in [2.24, 2.45) is 0 Å². The zero-order chi connectivity index (χ0) is 22.0. The summed E-state index contributed by atoms with van der Waals surface area (Å²) in [5.74, 6) is 0.431. The molecule has 0 bridgehead atoms. The Labute approximate surface area is 184 Å². The average molecular weight is 444 g/mol. The molecule has 8 nitrogen and oxygen atoms in total. The van der Waals surface area contributed by atoms with Crippen LogP contribution in [-0.2, 0) is 19.1 Å². The van der Waals surface area contributed by atoms with Crippen molar-refractivity contribution < 1.29 is 23.9 Å². The molecule has 2 fully saturated rings. The van der Waals surface area contributed by atoms with Crippen LogP contribution >= 0.6 is 11.8 Å². The Morgan fingerprint density at radius 3 is 2.27 bits per heavy atom. The van der Waals surface area contributed by atoms with Gasteiger partial charge in [-0.3, -0.25) is 9.59 Å². The van der Waals surface area contributed by atoms with Crippen molar-refractivity contribution in [3.8, 4) is 0 Å². The number of amides is 3. The number of hydrogen-bond acceptors (Lipinski definition) is 6. The number of hydrogen-bond donors (Lipinski definition) is 2. The van der Waals surface area contributed by atoms with E-state index in [0.717, 1.165) is 38.5 Å². The Balaban J connectivity index is 1.79. The number of carbonyl (C=O) groups excluding carboxylic acids is 3. The lowest BCUT2D eigenvalue weighted by atomic mass is 9.90. The van der Waals surface area contributed by atoms with E-state index in [-0.39, 0.29) is 23.3 Å². The summed E-state index contributed by atoms with van der Waals surface area (Å²) < 4.78 is 10.7. The van der Waals surface area contributed by atoms with Gasteiger partial charge in [0.2, 0.25) is 11.8 Å². The summed E-state index contributed by atoms with van der Waals surface area (Å²) in [5.41, 5.74) is -1.05. The van der Waals surface area contributed by atoms with Crippen LogP contribution < -0.4 is 10.6 Å². The van der Waals surface area contributed by atoms with Gasteiger partial charge >= 0.3 is 6.09 Å². The molecule has 9 heteroatoms. The minimum atomic E-state index is -0.567. The third-order valence-electron chi connectivity index (χ3n) is 5.27. The van der Waals surface area contributed by atoms with Crippen LogP contribution in [0.25, 0.3) is 0 Å². The number of rotatable bonds is 7. The van der Waals surface area contributed by atoms with Crippen molar-refractivity contribution in [3.63, 3.8) is 0 Å². The molecule has 0 radical (unpaired) electrons. The van der Waals surface area contributed by atoms with Gasteiger partial charge in [-0.2, -0.15) is 0 Å². The lowest BCUT2D eigenvalue weighted by molar-refractivity contribution is -0.132. The Hall–Kier alpha value is -1.48. The van der Waals surface area contributed by atoms with Crippen LogP contribution in [0.15, 0.2) is 0 Å². The van der Waals surface area contributed by atoms with Gasteiger partial charge in [0, 0.05) is 19.6 Å². The highest BCUT2D eigenvalue weighted by molar-refractivity contribution is 8.00. The highest BCUT2D eigenvalue weighted by Crippen LogP contribution is 2.27. The summed E-state index contributed by atoms with van der Waals surface area (Å²) in [4.78, 5) is 38.7. The van der Waals surface area contributed by atoms with Crippen LogP contribution in [0.2, 0.25) is 0 Å². The highest BCUT2D eigenvalue weighted by Gasteiger charge is 2.34. The number of carbonyl (C=O) groups is 3. The molecule has 2 N–H and O–H groups in total. The number of nitrogens with zero attached hydrogens (tertiary/aromatic N) is 1. The molecular weight excluding hydrogens is 406 g/mol. The average Bonchev–Trinajstić information content (AvgIpc) is 2.91. The lowest BCUT2D eigenvalue weighted by Crippen LogP contribution is -2.56. The van der Waals surface area contributed by atoms with Crippen LogP contribution in [0.3, 0.4) is 0 Å². The van der Waals surface area contributed by atoms with Crippen molar-refractivity contribution in [2.75, 3.05) is 44.4 Å². The molecule has 1 saturated carbocycles. The zero-order valence-corrected chi connectivity index (χ0v) is 19.4. The molecule has 30 heavy (non-hydrogen) atoms. The number of ether oxygens (including phenoxy) is 2. The lowest BCUT2D eigenvalue weighted by Gasteiger charge is -2.35. The highest BCUT2D eigenvalue weighted by atomic mass is 32.2. The summed E-state index contributed by atoms with van der Waals surface area (Å²) in [7, 11) is 0. The zero-order valence-electron chi connectivity index (χ0n) is 18.6. The smallest absolute Gasteiger partial charge is 0.408 e. The third-order valence-corrected chi connectivity index (χ3v) is 6.19. The van der Waals surface area contributed by atoms with Crippen LogP contribution in [0.4, 0.5) is 4.79 Å². The predicted octanol–water partition coefficient (Wildman–Crippen LogP) is 2.31. The summed E-state index contributed by atoms with van der Waals surface area (Å²) in [6.07, 6.45) is 5.47. The van der Waals surface area contributed by atoms with Crippen molar-refractivity contribution in [1.82, 2.24) is 15.5 Å². The first-order chi connectivity index (χ1) is 14.2. The molecule has 0 aromatic heterocycles. The Morgan fingerprint density at radius 2 is 1.67 bits per heavy atom. The van der Waals surface area contributed by atoms with Gasteiger partial charge in [0.15, 0.2) is 0 Å². The van der Waals surface area contributed by atoms with Crippen LogP contribution in [0, 0.1) is 0 Å². The topological polar surface area (TPSA) is 97.0 Å². The van der Waals surface area contributed by atoms with Gasteiger partial charge in [0.05, 0.1) is 30.3 Å². The standard InChI is InChI=1S/C21H37N3O5S/c1-20(2,3)29-19(27)23-21(8-6-4-5-7-9-21)16-22-17(25)14-30-15-18(26)24-10-12-28-13-11-24/h4-16H2,1-3H3,(H,22,25)(H,23,27). The molecule has 3 amide bonds. The number of thioether (sulfide) groups is 1. The Morgan fingerprint density at radius 1 is 1.03 bits per heavy atom. The van der Waals surface area contributed by atoms with E-state index in [4.69, 9.17) is 9.47 Å². The molecule has 0 aromatic carbocycles. The molecule has 2 rings (SSSR count). The normalized spacial score (nSPS) is 19.5. The van der Waals surface area contributed by atoms with Gasteiger partial charge in [-0.15, -0.1) is 11.8 Å². The van der Waals surface area contributed by atoms with E-state index in [1.807, 2.05) is 20.8 Å². The quantitative estimate of drug-likeness (QED) is 0.586. The molecule has 1 heterocycles. The third kappa shape index (κ3) is 9.12. The number of morpholine rings is 1. The van der Waals surface area contributed by atoms with Gasteiger partial charge in [0.1, 0.15) is 5.60 Å². The van der Waals surface area contributed by atoms with Crippen molar-refractivity contribution >= 4 is 29.7 Å². The molecule has 0 unspecified atom stereocenters. The maximum Gasteiger partial charge on any atom is 0.408 e. The van der Waals surface area contributed by atoms with E-state index in [1.54, 1.807) is 4.90 Å². The SMILES string of the molecule is CC(C)(C)OC(=O)NC1(CNC(=O)CSCC(=O)N2CCOCC2)CCCCCC1. The van der Waals surface area contributed by atoms with Crippen LogP contribution in [0.5, 0.6) is 0 Å². The van der Waals surface area contributed by atoms with Gasteiger partial charge in [-0.25, -0.2) is 4.79 Å². The van der Waals surface area contributed by atoms with E-state index < -0.39 is 17.2 Å². The minimum absolute atomic E-state index is 0.0444. The van der Waals surface area contributed by atoms with Crippen molar-refractivity contribution in [3.05, 3.63) is 0 Å². The fourth-order valence-electron chi connectivity index (χ4n) is 3.73. The maximum atomic E-state index is 12.4. The first-order valence-electron chi connectivity index (χ1n) is 10.9. The molecule has 0 aromatic rings. The maximum absolute atomic E-state index is 12.4. The predicted molar refractivity (Wildman–Crippen MR) is 118 cm³/mol. The van der Waals surface area contributed by atoms with Gasteiger partial charge in [-0.1, -0.05) is 25.7 Å². The van der Waals surface area contributed by atoms with Crippen LogP contribution in [-0.4, -0.2) is 78.3 Å². The largest absolute Gasteiger partial charge is 0.444 e. The van der Waals surface area contributed by atoms with Gasteiger partial charge in [0.25, 0.3) is 0 Å². The second-order valence-electron chi connectivity index (χ2n) is 9.08. The first-order valence-corrected chi connectivity index (χ1v) is 12.1. The molecule has 172 valence electrons. The second kappa shape index (κ2) is 11.8. The van der Waals surface area contributed by atoms with E-state index in [1.165, 1.54) is 11.8 Å². The van der Waals surface area contributed by atoms with E-state index in [0.29, 0.717) is 32.8 Å². The summed E-state index contributed by atoms with van der Waals surface area (Å²) in [5, 5.41) is 6.01. The Bertz CT molecular complexity index is 580. The van der Waals surface area contributed by atoms with Crippen LogP contribution in [0.1, 0.15) is 59.3 Å².